The number of hydrogen-bond donors (Lipinski definition) is 31. The van der Waals surface area contributed by atoms with E-state index < -0.39 is 408 Å². The van der Waals surface area contributed by atoms with Crippen LogP contribution in [0.1, 0.15) is 48.0 Å². The minimum absolute atomic E-state index is 0.254. The first-order chi connectivity index (χ1) is 61.0. The molecule has 10 fully saturated rings. The summed E-state index contributed by atoms with van der Waals surface area (Å²) in [7, 11) is 0. The Bertz CT molecular complexity index is 3520. The summed E-state index contributed by atoms with van der Waals surface area (Å²) in [5.41, 5.74) is 0. The van der Waals surface area contributed by atoms with Gasteiger partial charge >= 0.3 is 5.97 Å². The lowest BCUT2D eigenvalue weighted by Gasteiger charge is -2.51. The van der Waals surface area contributed by atoms with Gasteiger partial charge < -0.3 is 254 Å². The number of amides is 4. The average Bonchev–Trinajstić information content (AvgIpc) is 0.785. The number of hydrogen-bond acceptors (Lipinski definition) is 52. The standard InChI is InChI=1S/C73H122N4O52/c1-19-25(92)7-73(111-18-87,128-56(19)40(94)26(93)8-78)129-62-44(98)30(12-82)114-70(55(62)109)124-60-34(16-86)118-66(38(49(60)103)76-23(5)90)126-63-51(105)42(96)28(10-80)115-71(63)110-17-35-45(99)61(54(108)69(120-35)123-59-33(15-85)117-65(37(47(59)101)75-22(4)89)121-57-31(13-83)112-20(2)36(46(57)100)74-21(3)88)125-72-64(52(106)43(97)29(11-81)116-72)127-67-39(77-24(6)91)48(102)58(32(14-84)119-67)122-68-53(107)50(104)41(95)27(9-79)113-68/h18-20,25-72,78-86,92-109H,7-17H2,1-6H3,(H,74,88)(H,75,89)(H,76,90)(H,77,91)/t19-,20+,25-,26-,27?,28?,29?,30?,31?,32?,33?,34+,35?,36?,37?,38?,39?,40?,41+,42-,43-,44+,45-,46-,47-,48-,49?,50+,51+,52?,53?,54?,55?,56?,57-,58-,59-,60-,61+,62+,63?,64?,65+,66?,67+,68+,69+,70+,71+,72-,73+/m1/s1. The van der Waals surface area contributed by atoms with E-state index in [1.807, 2.05) is 0 Å². The van der Waals surface area contributed by atoms with Crippen LogP contribution in [0.3, 0.4) is 0 Å². The fourth-order valence-corrected chi connectivity index (χ4v) is 17.0. The fourth-order valence-electron chi connectivity index (χ4n) is 17.0. The number of rotatable bonds is 36. The van der Waals surface area contributed by atoms with Gasteiger partial charge in [-0.25, -0.2) is 0 Å². The Morgan fingerprint density at radius 1 is 0.349 bits per heavy atom. The molecule has 0 aromatic rings. The average molecular weight is 1890 g/mol. The minimum Gasteiger partial charge on any atom is -0.410 e. The van der Waals surface area contributed by atoms with Crippen LogP contribution in [0.25, 0.3) is 0 Å². The van der Waals surface area contributed by atoms with E-state index >= 15 is 0 Å². The molecule has 0 saturated carbocycles. The molecule has 0 radical (unpaired) electrons. The SMILES string of the molecule is CC(=O)NC1C(OC2[C@@H](OCC3O[C@@H](O[C@@H]4C(CO)O[C@@H](O[C@@H]5C(CO)O[C@@H](C)C(NC(C)=O)[C@H]5O)C(NC(C)=O)[C@H]4O)C(O)[C@@H](O[C@H]4OC(CO)[C@@H](O)C(O)C4O[C@@H]4OC(CO)[C@@H](O[C@@H]5OC(CO)[C@H](O)[C@H](O)C5O)[C@H](O)C4NC(C)=O)[C@@H]3O)OC(CO)[C@@H](O)[C@@H]2O)O[C@@H](CO)[C@@H](O[C@@H]2OC(CO)[C@H](O)[C@H](O[C@]3(OC=O)C[C@@H](O)[C@@H](C)C(C(O)[C@H](O)CO)O3)C2O)C1O. The van der Waals surface area contributed by atoms with Gasteiger partial charge in [-0.2, -0.15) is 0 Å². The van der Waals surface area contributed by atoms with E-state index in [1.54, 1.807) is 0 Å². The number of carbonyl (C=O) groups is 5. The minimum atomic E-state index is -2.88. The van der Waals surface area contributed by atoms with Crippen molar-refractivity contribution in [3.63, 3.8) is 0 Å². The van der Waals surface area contributed by atoms with Gasteiger partial charge in [0.05, 0.1) is 96.8 Å². The zero-order chi connectivity index (χ0) is 95.1. The molecule has 56 nitrogen and oxygen atoms in total. The third kappa shape index (κ3) is 23.7. The van der Waals surface area contributed by atoms with Crippen LogP contribution in [0.15, 0.2) is 0 Å². The normalized spacial score (nSPS) is 48.1. The summed E-state index contributed by atoms with van der Waals surface area (Å²) in [5.74, 6) is -7.56. The van der Waals surface area contributed by atoms with E-state index in [4.69, 9.17) is 94.7 Å². The van der Waals surface area contributed by atoms with Gasteiger partial charge in [-0.15, -0.1) is 0 Å². The molecule has 10 aliphatic heterocycles. The summed E-state index contributed by atoms with van der Waals surface area (Å²) < 4.78 is 119. The predicted molar refractivity (Wildman–Crippen MR) is 399 cm³/mol. The van der Waals surface area contributed by atoms with Crippen molar-refractivity contribution in [2.45, 2.75) is 354 Å². The number of aliphatic hydroxyl groups is 27. The Labute approximate surface area is 732 Å². The molecule has 0 bridgehead atoms. The van der Waals surface area contributed by atoms with E-state index in [0.717, 1.165) is 27.7 Å². The highest BCUT2D eigenvalue weighted by molar-refractivity contribution is 5.74. The molecule has 0 aliphatic carbocycles. The van der Waals surface area contributed by atoms with Gasteiger partial charge in [0, 0.05) is 33.6 Å². The summed E-state index contributed by atoms with van der Waals surface area (Å²) in [6.45, 7) is -4.83. The highest BCUT2D eigenvalue weighted by atomic mass is 16.9. The van der Waals surface area contributed by atoms with Crippen LogP contribution >= 0.6 is 0 Å². The van der Waals surface area contributed by atoms with Crippen molar-refractivity contribution in [3.05, 3.63) is 0 Å². The van der Waals surface area contributed by atoms with E-state index in [-0.39, 0.29) is 6.47 Å². The van der Waals surface area contributed by atoms with Gasteiger partial charge in [0.2, 0.25) is 23.6 Å². The molecule has 746 valence electrons. The Morgan fingerprint density at radius 3 is 1.08 bits per heavy atom. The summed E-state index contributed by atoms with van der Waals surface area (Å²) in [6.07, 6.45) is -94.7. The summed E-state index contributed by atoms with van der Waals surface area (Å²) >= 11 is 0. The molecule has 10 aliphatic rings. The topological polar surface area (TPSA) is 864 Å². The van der Waals surface area contributed by atoms with Crippen LogP contribution in [-0.4, -0.2) is 540 Å². The maximum Gasteiger partial charge on any atom is 0.332 e. The molecule has 10 heterocycles. The van der Waals surface area contributed by atoms with Crippen molar-refractivity contribution in [1.82, 2.24) is 21.3 Å². The molecule has 31 N–H and O–H groups in total. The number of ether oxygens (including phenoxy) is 20. The second kappa shape index (κ2) is 46.6. The Balaban J connectivity index is 0.967. The Kier molecular flexibility index (Phi) is 38.5. The van der Waals surface area contributed by atoms with E-state index in [9.17, 15) is 162 Å². The van der Waals surface area contributed by atoms with Crippen molar-refractivity contribution in [2.75, 3.05) is 66.1 Å². The first-order valence-electron chi connectivity index (χ1n) is 41.4. The van der Waals surface area contributed by atoms with Crippen LogP contribution in [0, 0.1) is 5.92 Å². The van der Waals surface area contributed by atoms with Crippen LogP contribution in [0.4, 0.5) is 0 Å². The van der Waals surface area contributed by atoms with Gasteiger partial charge in [-0.3, -0.25) is 24.0 Å². The van der Waals surface area contributed by atoms with Crippen LogP contribution in [0.5, 0.6) is 0 Å². The molecule has 51 atom stereocenters. The highest BCUT2D eigenvalue weighted by Gasteiger charge is 2.63. The van der Waals surface area contributed by atoms with Gasteiger partial charge in [0.1, 0.15) is 226 Å². The third-order valence-corrected chi connectivity index (χ3v) is 24.0. The second-order valence-corrected chi connectivity index (χ2v) is 32.9. The molecule has 0 spiro atoms. The van der Waals surface area contributed by atoms with Crippen LogP contribution in [0.2, 0.25) is 0 Å². The molecule has 0 aromatic carbocycles. The lowest BCUT2D eigenvalue weighted by Crippen LogP contribution is -2.71. The quantitative estimate of drug-likeness (QED) is 0.0205. The largest absolute Gasteiger partial charge is 0.410 e. The van der Waals surface area contributed by atoms with Crippen molar-refractivity contribution >= 4 is 30.1 Å². The first-order valence-corrected chi connectivity index (χ1v) is 41.4. The molecular formula is C73H122N4O52. The zero-order valence-corrected chi connectivity index (χ0v) is 70.0. The molecule has 4 amide bonds. The number of aliphatic hydroxyl groups excluding tert-OH is 27. The molecule has 10 saturated heterocycles. The molecule has 10 rings (SSSR count). The highest BCUT2D eigenvalue weighted by Crippen LogP contribution is 2.44. The second-order valence-electron chi connectivity index (χ2n) is 32.9. The van der Waals surface area contributed by atoms with Crippen molar-refractivity contribution < 1.29 is 257 Å². The van der Waals surface area contributed by atoms with E-state index in [0.29, 0.717) is 0 Å². The Morgan fingerprint density at radius 2 is 0.667 bits per heavy atom. The fraction of sp³-hybridized carbons (Fsp3) is 0.932. The predicted octanol–water partition coefficient (Wildman–Crippen LogP) is -20.6. The summed E-state index contributed by atoms with van der Waals surface area (Å²) in [4.78, 5) is 63.8. The number of carbonyl (C=O) groups excluding carboxylic acids is 5. The molecular weight excluding hydrogens is 1760 g/mol. The lowest BCUT2D eigenvalue weighted by molar-refractivity contribution is -0.448. The van der Waals surface area contributed by atoms with Gasteiger partial charge in [-0.05, 0) is 6.92 Å². The van der Waals surface area contributed by atoms with Crippen molar-refractivity contribution in [2.24, 2.45) is 5.92 Å². The lowest BCUT2D eigenvalue weighted by atomic mass is 9.87. The monoisotopic (exact) mass is 1890 g/mol. The number of nitrogens with one attached hydrogen (secondary N) is 4. The van der Waals surface area contributed by atoms with E-state index in [1.165, 1.54) is 13.8 Å². The maximum absolute atomic E-state index is 13.2. The molecule has 0 aromatic heterocycles. The van der Waals surface area contributed by atoms with Gasteiger partial charge in [-0.1, -0.05) is 6.92 Å². The van der Waals surface area contributed by atoms with Crippen LogP contribution < -0.4 is 21.3 Å². The summed E-state index contributed by atoms with van der Waals surface area (Å²) in [6, 6.07) is -7.16. The zero-order valence-electron chi connectivity index (χ0n) is 70.0. The van der Waals surface area contributed by atoms with Crippen molar-refractivity contribution in [1.29, 1.82) is 0 Å². The van der Waals surface area contributed by atoms with Crippen LogP contribution in [-0.2, 0) is 119 Å². The molecule has 22 unspecified atom stereocenters. The van der Waals surface area contributed by atoms with E-state index in [2.05, 4.69) is 21.3 Å². The Hall–Kier alpha value is -4.49. The van der Waals surface area contributed by atoms with Gasteiger partial charge in [0.25, 0.3) is 6.47 Å². The first kappa shape index (κ1) is 107. The van der Waals surface area contributed by atoms with Crippen molar-refractivity contribution in [3.8, 4) is 0 Å². The molecule has 129 heavy (non-hydrogen) atoms. The third-order valence-electron chi connectivity index (χ3n) is 24.0. The summed E-state index contributed by atoms with van der Waals surface area (Å²) in [5, 5.41) is 313. The maximum atomic E-state index is 13.2. The molecule has 56 heteroatoms. The van der Waals surface area contributed by atoms with Gasteiger partial charge in [0.15, 0.2) is 50.3 Å². The smallest absolute Gasteiger partial charge is 0.332 e.